The van der Waals surface area contributed by atoms with Gasteiger partial charge < -0.3 is 4.57 Å². The van der Waals surface area contributed by atoms with Crippen LogP contribution in [0, 0.1) is 11.5 Å². The third kappa shape index (κ3) is 2.23. The van der Waals surface area contributed by atoms with E-state index in [-0.39, 0.29) is 16.8 Å². The van der Waals surface area contributed by atoms with Crippen molar-refractivity contribution in [3.8, 4) is 11.5 Å². The molecule has 2 aromatic rings. The smallest absolute Gasteiger partial charge is 0.306 e. The van der Waals surface area contributed by atoms with Gasteiger partial charge in [-0.15, -0.1) is 5.54 Å². The second-order valence-electron chi connectivity index (χ2n) is 5.87. The average Bonchev–Trinajstić information content (AvgIpc) is 2.68. The van der Waals surface area contributed by atoms with Crippen LogP contribution in [0.15, 0.2) is 9.59 Å². The number of nitrogens with zero attached hydrogens (tertiary/aromatic N) is 4. The Morgan fingerprint density at radius 1 is 1.00 bits per heavy atom. The van der Waals surface area contributed by atoms with E-state index >= 15 is 0 Å². The largest absolute Gasteiger partial charge is 0.332 e. The van der Waals surface area contributed by atoms with Gasteiger partial charge in [0.15, 0.2) is 17.0 Å². The van der Waals surface area contributed by atoms with E-state index in [4.69, 9.17) is 0 Å². The average molecular weight is 290 g/mol. The molecule has 0 amide bonds. The summed E-state index contributed by atoms with van der Waals surface area (Å²) in [4.78, 5) is 28.3. The summed E-state index contributed by atoms with van der Waals surface area (Å²) in [5, 5.41) is 0. The van der Waals surface area contributed by atoms with Crippen molar-refractivity contribution >= 4 is 19.2 Å². The van der Waals surface area contributed by atoms with E-state index in [0.717, 1.165) is 4.57 Å². The van der Waals surface area contributed by atoms with Crippen LogP contribution in [0.5, 0.6) is 0 Å². The first-order valence-electron chi connectivity index (χ1n) is 6.29. The van der Waals surface area contributed by atoms with Crippen molar-refractivity contribution in [2.75, 3.05) is 0 Å². The van der Waals surface area contributed by atoms with Crippen LogP contribution in [-0.2, 0) is 21.1 Å². The fourth-order valence-corrected chi connectivity index (χ4v) is 2.42. The predicted molar refractivity (Wildman–Crippen MR) is 81.4 cm³/mol. The second kappa shape index (κ2) is 4.49. The molecule has 2 rings (SSSR count). The number of aryl methyl sites for hydroxylation is 2. The molecule has 7 heteroatoms. The molecule has 2 heterocycles. The van der Waals surface area contributed by atoms with E-state index in [1.165, 1.54) is 11.6 Å². The number of rotatable bonds is 0. The molecule has 0 saturated heterocycles. The van der Waals surface area contributed by atoms with Gasteiger partial charge in [0.05, 0.1) is 0 Å². The highest BCUT2D eigenvalue weighted by molar-refractivity contribution is 6.83. The lowest BCUT2D eigenvalue weighted by atomic mass is 10.5. The maximum atomic E-state index is 12.1. The van der Waals surface area contributed by atoms with Crippen molar-refractivity contribution in [3.63, 3.8) is 0 Å². The highest BCUT2D eigenvalue weighted by atomic mass is 28.3. The van der Waals surface area contributed by atoms with E-state index in [0.29, 0.717) is 11.5 Å². The monoisotopic (exact) mass is 290 g/mol. The summed E-state index contributed by atoms with van der Waals surface area (Å²) in [7, 11) is 3.32. The first-order valence-corrected chi connectivity index (χ1v) is 9.79. The Labute approximate surface area is 117 Å². The third-order valence-electron chi connectivity index (χ3n) is 3.01. The number of imidazole rings is 1. The van der Waals surface area contributed by atoms with Crippen molar-refractivity contribution in [1.82, 2.24) is 18.7 Å². The Morgan fingerprint density at radius 2 is 1.60 bits per heavy atom. The first-order chi connectivity index (χ1) is 9.13. The van der Waals surface area contributed by atoms with E-state index in [2.05, 4.69) is 36.1 Å². The number of aromatic nitrogens is 4. The number of hydrogen-bond acceptors (Lipinski definition) is 3. The van der Waals surface area contributed by atoms with Gasteiger partial charge in [-0.2, -0.15) is 0 Å². The van der Waals surface area contributed by atoms with Crippen molar-refractivity contribution in [2.45, 2.75) is 19.6 Å². The molecule has 0 aromatic carbocycles. The molecule has 0 bridgehead atoms. The molecule has 0 fully saturated rings. The molecular weight excluding hydrogens is 272 g/mol. The predicted octanol–water partition coefficient (Wildman–Crippen LogP) is 0.200. The van der Waals surface area contributed by atoms with Crippen LogP contribution >= 0.6 is 0 Å². The first kappa shape index (κ1) is 14.3. The Kier molecular flexibility index (Phi) is 3.22. The minimum atomic E-state index is -1.53. The Morgan fingerprint density at radius 3 is 2.15 bits per heavy atom. The van der Waals surface area contributed by atoms with Crippen molar-refractivity contribution in [2.24, 2.45) is 21.1 Å². The SMILES string of the molecule is Cn1c(=O)c2nc(C#C[Si](C)(C)C)n(C)c2n(C)c1=O. The third-order valence-corrected chi connectivity index (χ3v) is 3.89. The molecule has 0 atom stereocenters. The molecule has 20 heavy (non-hydrogen) atoms. The number of hydrogen-bond donors (Lipinski definition) is 0. The lowest BCUT2D eigenvalue weighted by Gasteiger charge is -2.05. The summed E-state index contributed by atoms with van der Waals surface area (Å²) in [5.74, 6) is 3.55. The molecule has 0 saturated carbocycles. The van der Waals surface area contributed by atoms with Gasteiger partial charge in [0.1, 0.15) is 8.07 Å². The van der Waals surface area contributed by atoms with Crippen LogP contribution in [0.2, 0.25) is 19.6 Å². The van der Waals surface area contributed by atoms with Crippen molar-refractivity contribution < 1.29 is 0 Å². The highest BCUT2D eigenvalue weighted by Gasteiger charge is 2.16. The van der Waals surface area contributed by atoms with Crippen molar-refractivity contribution in [1.29, 1.82) is 0 Å². The molecule has 0 unspecified atom stereocenters. The lowest BCUT2D eigenvalue weighted by Crippen LogP contribution is -2.37. The molecule has 2 aromatic heterocycles. The van der Waals surface area contributed by atoms with Crippen LogP contribution < -0.4 is 11.2 Å². The maximum Gasteiger partial charge on any atom is 0.332 e. The summed E-state index contributed by atoms with van der Waals surface area (Å²) in [6, 6.07) is 0. The molecule has 6 nitrogen and oxygen atoms in total. The van der Waals surface area contributed by atoms with E-state index in [9.17, 15) is 9.59 Å². The standard InChI is InChI=1S/C13H18N4O2Si/c1-15-9(7-8-20(4,5)6)14-10-11(15)16(2)13(19)17(3)12(10)18/h1-6H3. The quantitative estimate of drug-likeness (QED) is 0.514. The Bertz CT molecular complexity index is 869. The summed E-state index contributed by atoms with van der Waals surface area (Å²) in [6.45, 7) is 6.41. The van der Waals surface area contributed by atoms with Gasteiger partial charge in [-0.05, 0) is 5.92 Å². The molecule has 0 aliphatic carbocycles. The zero-order valence-corrected chi connectivity index (χ0v) is 13.6. The van der Waals surface area contributed by atoms with Gasteiger partial charge in [0.2, 0.25) is 0 Å². The fourth-order valence-electron chi connectivity index (χ4n) is 1.93. The van der Waals surface area contributed by atoms with Gasteiger partial charge in [0.25, 0.3) is 5.56 Å². The minimum Gasteiger partial charge on any atom is -0.306 e. The van der Waals surface area contributed by atoms with E-state index in [1.54, 1.807) is 18.7 Å². The van der Waals surface area contributed by atoms with Crippen LogP contribution in [0.3, 0.4) is 0 Å². The summed E-state index contributed by atoms with van der Waals surface area (Å²) >= 11 is 0. The van der Waals surface area contributed by atoms with Gasteiger partial charge in [0, 0.05) is 21.1 Å². The molecule has 0 aliphatic heterocycles. The van der Waals surface area contributed by atoms with Crippen LogP contribution in [-0.4, -0.2) is 26.8 Å². The number of fused-ring (bicyclic) bond motifs is 1. The van der Waals surface area contributed by atoms with E-state index < -0.39 is 8.07 Å². The van der Waals surface area contributed by atoms with Gasteiger partial charge in [-0.25, -0.2) is 9.78 Å². The molecule has 0 radical (unpaired) electrons. The van der Waals surface area contributed by atoms with Gasteiger partial charge >= 0.3 is 5.69 Å². The molecule has 0 aliphatic rings. The van der Waals surface area contributed by atoms with Gasteiger partial charge in [-0.3, -0.25) is 13.9 Å². The maximum absolute atomic E-state index is 12.1. The van der Waals surface area contributed by atoms with Crippen LogP contribution in [0.1, 0.15) is 5.82 Å². The molecule has 106 valence electrons. The minimum absolute atomic E-state index is 0.275. The van der Waals surface area contributed by atoms with Crippen LogP contribution in [0.4, 0.5) is 0 Å². The zero-order chi connectivity index (χ0) is 15.2. The summed E-state index contributed by atoms with van der Waals surface area (Å²) < 4.78 is 4.18. The molecule has 0 spiro atoms. The molecular formula is C13H18N4O2Si. The van der Waals surface area contributed by atoms with Crippen molar-refractivity contribution in [3.05, 3.63) is 26.7 Å². The van der Waals surface area contributed by atoms with E-state index in [1.807, 2.05) is 0 Å². The van der Waals surface area contributed by atoms with Gasteiger partial charge in [-0.1, -0.05) is 19.6 Å². The topological polar surface area (TPSA) is 61.8 Å². The normalized spacial score (nSPS) is 11.5. The zero-order valence-electron chi connectivity index (χ0n) is 12.6. The second-order valence-corrected chi connectivity index (χ2v) is 10.6. The summed E-state index contributed by atoms with van der Waals surface area (Å²) in [6.07, 6.45) is 0. The van der Waals surface area contributed by atoms with Crippen LogP contribution in [0.25, 0.3) is 11.2 Å². The Balaban J connectivity index is 2.87. The highest BCUT2D eigenvalue weighted by Crippen LogP contribution is 2.08. The Hall–Kier alpha value is -2.07. The summed E-state index contributed by atoms with van der Waals surface area (Å²) in [5.41, 5.74) is 3.24. The molecule has 0 N–H and O–H groups in total. The fraction of sp³-hybridized carbons (Fsp3) is 0.462. The lowest BCUT2D eigenvalue weighted by molar-refractivity contribution is 0.697.